The van der Waals surface area contributed by atoms with Gasteiger partial charge in [0.25, 0.3) is 5.92 Å². The second-order valence-electron chi connectivity index (χ2n) is 11.0. The molecule has 0 amide bonds. The maximum Gasteiger partial charge on any atom is 0.261 e. The minimum absolute atomic E-state index is 0.0107. The summed E-state index contributed by atoms with van der Waals surface area (Å²) in [5.41, 5.74) is -2.70. The topological polar surface area (TPSA) is 123 Å². The number of rotatable bonds is 5. The molecule has 8 nitrogen and oxygen atoms in total. The summed E-state index contributed by atoms with van der Waals surface area (Å²) in [5.74, 6) is -4.25. The van der Waals surface area contributed by atoms with E-state index in [1.54, 1.807) is 29.2 Å². The molecule has 2 fully saturated rings. The fraction of sp³-hybridized carbons (Fsp3) is 0.433. The van der Waals surface area contributed by atoms with Gasteiger partial charge in [-0.25, -0.2) is 13.8 Å². The van der Waals surface area contributed by atoms with Crippen LogP contribution in [0, 0.1) is 40.4 Å². The Morgan fingerprint density at radius 3 is 2.58 bits per heavy atom. The number of alkyl halides is 2. The van der Waals surface area contributed by atoms with E-state index in [0.717, 1.165) is 0 Å². The van der Waals surface area contributed by atoms with Gasteiger partial charge in [-0.05, 0) is 30.0 Å². The maximum absolute atomic E-state index is 14.2. The highest BCUT2D eigenvalue weighted by atomic mass is 19.3. The zero-order valence-electron chi connectivity index (χ0n) is 21.8. The molecular formula is C30H28F2N4O4. The number of allylic oxidation sites excluding steroid dienone is 4. The third kappa shape index (κ3) is 3.67. The molecule has 1 saturated carbocycles. The lowest BCUT2D eigenvalue weighted by Crippen LogP contribution is -2.53. The second-order valence-corrected chi connectivity index (χ2v) is 11.0. The highest BCUT2D eigenvalue weighted by molar-refractivity contribution is 5.59. The first kappa shape index (κ1) is 26.4. The molecule has 6 rings (SSSR count). The SMILES string of the molecule is COc1nc(C#N)cc2c1[C@]1(O)[C@H](O)[C@H](CN3CCC(F)(F)C3)[C@@H](C3C=CC=CC3)[C@]1(c1ccc(C#N)cc1)O2. The van der Waals surface area contributed by atoms with Crippen LogP contribution in [0.1, 0.15) is 35.2 Å². The Morgan fingerprint density at radius 2 is 1.98 bits per heavy atom. The zero-order valence-corrected chi connectivity index (χ0v) is 21.8. The molecule has 1 unspecified atom stereocenters. The van der Waals surface area contributed by atoms with Crippen LogP contribution in [0.5, 0.6) is 11.6 Å². The Bertz CT molecular complexity index is 1480. The van der Waals surface area contributed by atoms with Crippen LogP contribution < -0.4 is 9.47 Å². The van der Waals surface area contributed by atoms with Gasteiger partial charge < -0.3 is 19.7 Å². The summed E-state index contributed by atoms with van der Waals surface area (Å²) < 4.78 is 40.7. The standard InChI is InChI=1S/C30H28F2N4O4/c1-39-27-25-23(13-21(15-34)35-27)40-30(20-9-7-18(14-33)8-10-20)24(19-5-3-2-4-6-19)22(26(37)29(25,30)38)16-36-12-11-28(31,32)17-36/h2-5,7-10,13,19,22,24,26,37-38H,6,11-12,16-17H2,1H3/t19?,22-,24-,26-,29+,30+/m1/s1. The van der Waals surface area contributed by atoms with Crippen LogP contribution in [0.15, 0.2) is 54.6 Å². The van der Waals surface area contributed by atoms with Crippen LogP contribution in [0.25, 0.3) is 0 Å². The molecule has 2 aliphatic carbocycles. The van der Waals surface area contributed by atoms with E-state index in [4.69, 9.17) is 9.47 Å². The number of methoxy groups -OCH3 is 1. The molecule has 6 atom stereocenters. The van der Waals surface area contributed by atoms with Gasteiger partial charge >= 0.3 is 0 Å². The van der Waals surface area contributed by atoms with Gasteiger partial charge in [-0.3, -0.25) is 4.90 Å². The van der Waals surface area contributed by atoms with Crippen LogP contribution in [0.3, 0.4) is 0 Å². The van der Waals surface area contributed by atoms with Gasteiger partial charge in [0.2, 0.25) is 5.88 Å². The van der Waals surface area contributed by atoms with Crippen molar-refractivity contribution in [3.8, 4) is 23.8 Å². The van der Waals surface area contributed by atoms with E-state index >= 15 is 0 Å². The van der Waals surface area contributed by atoms with E-state index in [2.05, 4.69) is 11.1 Å². The lowest BCUT2D eigenvalue weighted by atomic mass is 9.67. The summed E-state index contributed by atoms with van der Waals surface area (Å²) in [6.45, 7) is -0.153. The normalized spacial score (nSPS) is 33.6. The molecule has 0 spiro atoms. The molecule has 1 aromatic heterocycles. The maximum atomic E-state index is 14.2. The van der Waals surface area contributed by atoms with E-state index in [0.29, 0.717) is 17.5 Å². The molecule has 40 heavy (non-hydrogen) atoms. The van der Waals surface area contributed by atoms with Crippen molar-refractivity contribution < 1.29 is 28.5 Å². The molecule has 3 heterocycles. The molecule has 10 heteroatoms. The van der Waals surface area contributed by atoms with Crippen molar-refractivity contribution in [2.75, 3.05) is 26.7 Å². The Labute approximate surface area is 230 Å². The number of benzene rings is 1. The molecular weight excluding hydrogens is 518 g/mol. The van der Waals surface area contributed by atoms with Gasteiger partial charge in [0, 0.05) is 37.4 Å². The average Bonchev–Trinajstić information content (AvgIpc) is 3.51. The van der Waals surface area contributed by atoms with Crippen LogP contribution in [0.4, 0.5) is 8.78 Å². The van der Waals surface area contributed by atoms with Gasteiger partial charge in [-0.2, -0.15) is 10.5 Å². The van der Waals surface area contributed by atoms with Crippen LogP contribution in [0.2, 0.25) is 0 Å². The smallest absolute Gasteiger partial charge is 0.261 e. The highest BCUT2D eigenvalue weighted by Crippen LogP contribution is 2.69. The first-order valence-corrected chi connectivity index (χ1v) is 13.2. The van der Waals surface area contributed by atoms with Gasteiger partial charge in [-0.15, -0.1) is 0 Å². The van der Waals surface area contributed by atoms with Gasteiger partial charge in [0.15, 0.2) is 11.2 Å². The first-order chi connectivity index (χ1) is 19.2. The van der Waals surface area contributed by atoms with Crippen molar-refractivity contribution in [1.82, 2.24) is 9.88 Å². The molecule has 1 saturated heterocycles. The predicted molar refractivity (Wildman–Crippen MR) is 138 cm³/mol. The largest absolute Gasteiger partial charge is 0.481 e. The van der Waals surface area contributed by atoms with Crippen molar-refractivity contribution in [1.29, 1.82) is 10.5 Å². The van der Waals surface area contributed by atoms with E-state index in [1.165, 1.54) is 13.2 Å². The van der Waals surface area contributed by atoms with Gasteiger partial charge in [-0.1, -0.05) is 36.4 Å². The number of ether oxygens (including phenoxy) is 2. The number of pyridine rings is 1. The molecule has 0 radical (unpaired) electrons. The summed E-state index contributed by atoms with van der Waals surface area (Å²) in [6.07, 6.45) is 6.62. The number of aliphatic hydroxyl groups excluding tert-OH is 1. The number of hydrogen-bond acceptors (Lipinski definition) is 8. The van der Waals surface area contributed by atoms with Gasteiger partial charge in [0.1, 0.15) is 17.5 Å². The van der Waals surface area contributed by atoms with E-state index in [1.807, 2.05) is 30.4 Å². The summed E-state index contributed by atoms with van der Waals surface area (Å²) in [6, 6.07) is 12.1. The second kappa shape index (κ2) is 9.38. The number of nitriles is 2. The minimum Gasteiger partial charge on any atom is -0.481 e. The fourth-order valence-corrected chi connectivity index (χ4v) is 7.29. The van der Waals surface area contributed by atoms with Crippen molar-refractivity contribution in [2.45, 2.75) is 36.1 Å². The van der Waals surface area contributed by atoms with E-state index in [9.17, 15) is 29.5 Å². The number of aliphatic hydroxyl groups is 2. The van der Waals surface area contributed by atoms with Crippen molar-refractivity contribution in [3.05, 3.63) is 77.0 Å². The molecule has 2 N–H and O–H groups in total. The number of hydrogen-bond donors (Lipinski definition) is 2. The van der Waals surface area contributed by atoms with E-state index in [-0.39, 0.29) is 48.3 Å². The molecule has 0 bridgehead atoms. The molecule has 206 valence electrons. The summed E-state index contributed by atoms with van der Waals surface area (Å²) in [4.78, 5) is 5.88. The van der Waals surface area contributed by atoms with Crippen molar-refractivity contribution >= 4 is 0 Å². The monoisotopic (exact) mass is 546 g/mol. The highest BCUT2D eigenvalue weighted by Gasteiger charge is 2.77. The lowest BCUT2D eigenvalue weighted by molar-refractivity contribution is -0.161. The zero-order chi connectivity index (χ0) is 28.3. The van der Waals surface area contributed by atoms with Crippen LogP contribution in [-0.4, -0.2) is 58.9 Å². The molecule has 4 aliphatic rings. The number of fused-ring (bicyclic) bond motifs is 3. The van der Waals surface area contributed by atoms with Gasteiger partial charge in [0.05, 0.1) is 37.0 Å². The average molecular weight is 547 g/mol. The minimum atomic E-state index is -2.83. The third-order valence-electron chi connectivity index (χ3n) is 8.88. The quantitative estimate of drug-likeness (QED) is 0.585. The predicted octanol–water partition coefficient (Wildman–Crippen LogP) is 3.39. The number of nitrogens with zero attached hydrogens (tertiary/aromatic N) is 4. The Morgan fingerprint density at radius 1 is 1.20 bits per heavy atom. The number of likely N-dealkylation sites (tertiary alicyclic amines) is 1. The fourth-order valence-electron chi connectivity index (χ4n) is 7.29. The third-order valence-corrected chi connectivity index (χ3v) is 8.88. The molecule has 2 aromatic rings. The van der Waals surface area contributed by atoms with E-state index < -0.39 is 41.6 Å². The number of aromatic nitrogens is 1. The Balaban J connectivity index is 1.59. The Hall–Kier alpha value is -3.83. The number of halogens is 2. The Kier molecular flexibility index (Phi) is 6.19. The summed E-state index contributed by atoms with van der Waals surface area (Å²) >= 11 is 0. The molecule has 2 aliphatic heterocycles. The lowest BCUT2D eigenvalue weighted by Gasteiger charge is -2.43. The van der Waals surface area contributed by atoms with Crippen LogP contribution >= 0.6 is 0 Å². The van der Waals surface area contributed by atoms with Crippen LogP contribution in [-0.2, 0) is 11.2 Å². The summed E-state index contributed by atoms with van der Waals surface area (Å²) in [7, 11) is 1.35. The first-order valence-electron chi connectivity index (χ1n) is 13.2. The van der Waals surface area contributed by atoms with Crippen molar-refractivity contribution in [2.24, 2.45) is 17.8 Å². The molecule has 1 aromatic carbocycles. The van der Waals surface area contributed by atoms with Crippen molar-refractivity contribution in [3.63, 3.8) is 0 Å². The summed E-state index contributed by atoms with van der Waals surface area (Å²) in [5, 5.41) is 44.0.